The van der Waals surface area contributed by atoms with Crippen molar-refractivity contribution in [1.82, 2.24) is 0 Å². The lowest BCUT2D eigenvalue weighted by Crippen LogP contribution is -1.88. The molecule has 0 spiro atoms. The Morgan fingerprint density at radius 3 is 2.21 bits per heavy atom. The van der Waals surface area contributed by atoms with Gasteiger partial charge in [-0.2, -0.15) is 0 Å². The van der Waals surface area contributed by atoms with E-state index in [1.807, 2.05) is 27.7 Å². The summed E-state index contributed by atoms with van der Waals surface area (Å²) in [5, 5.41) is 0. The SMILES string of the molecule is C/C=C\c1c(CC)oc2c1CCCCC2.CC.CC. The fourth-order valence-electron chi connectivity index (χ4n) is 2.45. The van der Waals surface area contributed by atoms with Crippen molar-refractivity contribution in [2.24, 2.45) is 0 Å². The fraction of sp³-hybridized carbons (Fsp3) is 0.667. The third kappa shape index (κ3) is 4.89. The van der Waals surface area contributed by atoms with Crippen molar-refractivity contribution < 1.29 is 4.42 Å². The molecule has 1 aliphatic rings. The zero-order valence-electron chi connectivity index (χ0n) is 13.8. The van der Waals surface area contributed by atoms with Crippen molar-refractivity contribution in [2.45, 2.75) is 80.1 Å². The Balaban J connectivity index is 0.000000741. The first kappa shape index (κ1) is 18.0. The predicted octanol–water partition coefficient (Wildman–Crippen LogP) is 6.20. The second-order valence-corrected chi connectivity index (χ2v) is 4.25. The van der Waals surface area contributed by atoms with Crippen LogP contribution >= 0.6 is 0 Å². The van der Waals surface area contributed by atoms with E-state index in [4.69, 9.17) is 4.42 Å². The summed E-state index contributed by atoms with van der Waals surface area (Å²) in [4.78, 5) is 0. The van der Waals surface area contributed by atoms with Gasteiger partial charge >= 0.3 is 0 Å². The molecule has 0 aliphatic heterocycles. The van der Waals surface area contributed by atoms with Crippen LogP contribution in [0.4, 0.5) is 0 Å². The molecule has 0 fully saturated rings. The Bertz CT molecular complexity index is 358. The molecule has 19 heavy (non-hydrogen) atoms. The summed E-state index contributed by atoms with van der Waals surface area (Å²) in [6, 6.07) is 0. The van der Waals surface area contributed by atoms with Gasteiger partial charge in [0.2, 0.25) is 0 Å². The summed E-state index contributed by atoms with van der Waals surface area (Å²) in [6.45, 7) is 12.3. The maximum Gasteiger partial charge on any atom is 0.111 e. The van der Waals surface area contributed by atoms with Crippen LogP contribution in [0.3, 0.4) is 0 Å². The van der Waals surface area contributed by atoms with Crippen LogP contribution in [0.2, 0.25) is 0 Å². The molecule has 0 aromatic carbocycles. The maximum atomic E-state index is 5.97. The summed E-state index contributed by atoms with van der Waals surface area (Å²) in [5.74, 6) is 2.44. The van der Waals surface area contributed by atoms with Crippen molar-refractivity contribution >= 4 is 6.08 Å². The Labute approximate surface area is 120 Å². The molecule has 0 N–H and O–H groups in total. The Morgan fingerprint density at radius 1 is 1.00 bits per heavy atom. The van der Waals surface area contributed by atoms with Crippen LogP contribution in [-0.4, -0.2) is 0 Å². The molecule has 1 aliphatic carbocycles. The van der Waals surface area contributed by atoms with Crippen molar-refractivity contribution in [1.29, 1.82) is 0 Å². The largest absolute Gasteiger partial charge is 0.465 e. The van der Waals surface area contributed by atoms with Gasteiger partial charge in [0.1, 0.15) is 11.5 Å². The summed E-state index contributed by atoms with van der Waals surface area (Å²) in [7, 11) is 0. The molecule has 0 bridgehead atoms. The average molecular weight is 264 g/mol. The van der Waals surface area contributed by atoms with Gasteiger partial charge in [-0.15, -0.1) is 0 Å². The van der Waals surface area contributed by atoms with E-state index >= 15 is 0 Å². The number of allylic oxidation sites excluding steroid dienone is 1. The number of hydrogen-bond donors (Lipinski definition) is 0. The molecule has 0 radical (unpaired) electrons. The van der Waals surface area contributed by atoms with Crippen LogP contribution < -0.4 is 0 Å². The molecule has 0 saturated carbocycles. The van der Waals surface area contributed by atoms with Gasteiger partial charge < -0.3 is 4.42 Å². The third-order valence-electron chi connectivity index (χ3n) is 3.19. The highest BCUT2D eigenvalue weighted by Crippen LogP contribution is 2.30. The third-order valence-corrected chi connectivity index (χ3v) is 3.19. The topological polar surface area (TPSA) is 13.1 Å². The van der Waals surface area contributed by atoms with Gasteiger partial charge in [0.05, 0.1) is 0 Å². The van der Waals surface area contributed by atoms with Gasteiger partial charge in [-0.1, -0.05) is 53.2 Å². The summed E-state index contributed by atoms with van der Waals surface area (Å²) < 4.78 is 5.97. The summed E-state index contributed by atoms with van der Waals surface area (Å²) in [6.07, 6.45) is 11.6. The van der Waals surface area contributed by atoms with Crippen LogP contribution in [-0.2, 0) is 19.3 Å². The van der Waals surface area contributed by atoms with Crippen molar-refractivity contribution in [3.63, 3.8) is 0 Å². The monoisotopic (exact) mass is 264 g/mol. The number of rotatable bonds is 2. The van der Waals surface area contributed by atoms with E-state index in [2.05, 4.69) is 26.0 Å². The zero-order chi connectivity index (χ0) is 14.7. The molecular formula is C18H32O. The molecule has 1 nitrogen and oxygen atoms in total. The first-order valence-corrected chi connectivity index (χ1v) is 8.13. The Morgan fingerprint density at radius 2 is 1.63 bits per heavy atom. The van der Waals surface area contributed by atoms with E-state index in [0.29, 0.717) is 0 Å². The highest BCUT2D eigenvalue weighted by molar-refractivity contribution is 5.57. The lowest BCUT2D eigenvalue weighted by Gasteiger charge is -1.98. The Kier molecular flexibility index (Phi) is 10.3. The molecule has 110 valence electrons. The maximum absolute atomic E-state index is 5.97. The first-order valence-electron chi connectivity index (χ1n) is 8.13. The highest BCUT2D eigenvalue weighted by Gasteiger charge is 2.18. The van der Waals surface area contributed by atoms with Crippen LogP contribution in [0, 0.1) is 0 Å². The van der Waals surface area contributed by atoms with Crippen molar-refractivity contribution in [3.05, 3.63) is 28.7 Å². The van der Waals surface area contributed by atoms with E-state index < -0.39 is 0 Å². The van der Waals surface area contributed by atoms with Crippen LogP contribution in [0.1, 0.15) is 83.5 Å². The van der Waals surface area contributed by atoms with Gasteiger partial charge in [-0.3, -0.25) is 0 Å². The van der Waals surface area contributed by atoms with Crippen LogP contribution in [0.25, 0.3) is 6.08 Å². The zero-order valence-corrected chi connectivity index (χ0v) is 13.8. The Hall–Kier alpha value is -0.980. The number of fused-ring (bicyclic) bond motifs is 1. The second-order valence-electron chi connectivity index (χ2n) is 4.25. The van der Waals surface area contributed by atoms with Gasteiger partial charge in [0.25, 0.3) is 0 Å². The minimum Gasteiger partial charge on any atom is -0.465 e. The van der Waals surface area contributed by atoms with E-state index in [-0.39, 0.29) is 0 Å². The minimum atomic E-state index is 1.01. The standard InChI is InChI=1S/C14H20O.2C2H6/c1-3-8-11-12-9-6-5-7-10-14(12)15-13(11)4-2;2*1-2/h3,8H,4-7,9-10H2,1-2H3;2*1-2H3/b8-3-;;. The summed E-state index contributed by atoms with van der Waals surface area (Å²) in [5.41, 5.74) is 2.86. The fourth-order valence-corrected chi connectivity index (χ4v) is 2.45. The van der Waals surface area contributed by atoms with Gasteiger partial charge in [0.15, 0.2) is 0 Å². The van der Waals surface area contributed by atoms with Gasteiger partial charge in [-0.05, 0) is 26.2 Å². The molecule has 0 saturated heterocycles. The molecule has 0 atom stereocenters. The van der Waals surface area contributed by atoms with Crippen molar-refractivity contribution in [3.8, 4) is 0 Å². The number of furan rings is 1. The quantitative estimate of drug-likeness (QED) is 0.580. The molecule has 1 aromatic rings. The molecule has 0 unspecified atom stereocenters. The molecule has 1 heterocycles. The number of hydrogen-bond acceptors (Lipinski definition) is 1. The van der Waals surface area contributed by atoms with Crippen LogP contribution in [0.15, 0.2) is 10.5 Å². The van der Waals surface area contributed by atoms with Gasteiger partial charge in [-0.25, -0.2) is 0 Å². The van der Waals surface area contributed by atoms with Crippen molar-refractivity contribution in [2.75, 3.05) is 0 Å². The van der Waals surface area contributed by atoms with Crippen LogP contribution in [0.5, 0.6) is 0 Å². The molecule has 0 amide bonds. The first-order chi connectivity index (χ1) is 9.36. The molecule has 2 rings (SSSR count). The smallest absolute Gasteiger partial charge is 0.111 e. The lowest BCUT2D eigenvalue weighted by atomic mass is 10.0. The predicted molar refractivity (Wildman–Crippen MR) is 86.7 cm³/mol. The minimum absolute atomic E-state index is 1.01. The number of aryl methyl sites for hydroxylation is 2. The molecule has 1 heteroatoms. The van der Waals surface area contributed by atoms with E-state index in [9.17, 15) is 0 Å². The summed E-state index contributed by atoms with van der Waals surface area (Å²) >= 11 is 0. The normalized spacial score (nSPS) is 13.8. The highest BCUT2D eigenvalue weighted by atomic mass is 16.3. The molecule has 1 aromatic heterocycles. The second kappa shape index (κ2) is 10.9. The van der Waals surface area contributed by atoms with E-state index in [0.717, 1.165) is 12.8 Å². The average Bonchev–Trinajstić information content (AvgIpc) is 2.66. The molecular weight excluding hydrogens is 232 g/mol. The van der Waals surface area contributed by atoms with E-state index in [1.54, 1.807) is 0 Å². The lowest BCUT2D eigenvalue weighted by molar-refractivity contribution is 0.463. The van der Waals surface area contributed by atoms with Gasteiger partial charge in [0, 0.05) is 24.0 Å². The van der Waals surface area contributed by atoms with E-state index in [1.165, 1.54) is 48.3 Å².